The van der Waals surface area contributed by atoms with Gasteiger partial charge in [-0.1, -0.05) is 32.1 Å². The van der Waals surface area contributed by atoms with Gasteiger partial charge in [0.15, 0.2) is 0 Å². The van der Waals surface area contributed by atoms with E-state index >= 15 is 0 Å². The fraction of sp³-hybridized carbons (Fsp3) is 0.760. The number of unbranched alkanes of at least 4 members (excludes halogenated alkanes) is 9. The third-order valence-corrected chi connectivity index (χ3v) is 6.03. The summed E-state index contributed by atoms with van der Waals surface area (Å²) in [5.74, 6) is -1.70. The van der Waals surface area contributed by atoms with Crippen LogP contribution in [-0.4, -0.2) is 60.6 Å². The van der Waals surface area contributed by atoms with Crippen LogP contribution in [0.4, 0.5) is 4.79 Å². The number of hydrogen-bond acceptors (Lipinski definition) is 9. The van der Waals surface area contributed by atoms with Crippen molar-refractivity contribution in [3.63, 3.8) is 0 Å². The predicted octanol–water partition coefficient (Wildman–Crippen LogP) is 3.96. The van der Waals surface area contributed by atoms with Crippen molar-refractivity contribution in [3.05, 3.63) is 0 Å². The molecule has 0 aromatic rings. The lowest BCUT2D eigenvalue weighted by Crippen LogP contribution is -2.60. The summed E-state index contributed by atoms with van der Waals surface area (Å²) < 4.78 is 14.0. The number of barbiturate groups is 1. The van der Waals surface area contributed by atoms with Gasteiger partial charge in [0.05, 0.1) is 0 Å². The van der Waals surface area contributed by atoms with Gasteiger partial charge in [0.25, 0.3) is 18.8 Å². The first kappa shape index (κ1) is 30.5. The number of nitriles is 3. The molecule has 1 heterocycles. The number of ether oxygens (including phenoxy) is 3. The summed E-state index contributed by atoms with van der Waals surface area (Å²) in [5.41, 5.74) is 0. The van der Waals surface area contributed by atoms with Crippen LogP contribution < -0.4 is 0 Å². The summed E-state index contributed by atoms with van der Waals surface area (Å²) in [4.78, 5) is 41.6. The molecule has 1 rings (SSSR count). The van der Waals surface area contributed by atoms with Crippen molar-refractivity contribution in [3.8, 4) is 18.8 Å². The van der Waals surface area contributed by atoms with Gasteiger partial charge >= 0.3 is 6.03 Å². The minimum atomic E-state index is -0.855. The van der Waals surface area contributed by atoms with Crippen LogP contribution >= 0.6 is 0 Å². The molecular formula is C25H37N5O6. The average molecular weight is 504 g/mol. The third kappa shape index (κ3) is 11.8. The molecule has 0 spiro atoms. The maximum atomic E-state index is 13.1. The van der Waals surface area contributed by atoms with E-state index in [2.05, 4.69) is 14.2 Å². The van der Waals surface area contributed by atoms with Gasteiger partial charge < -0.3 is 14.2 Å². The van der Waals surface area contributed by atoms with Gasteiger partial charge in [0.1, 0.15) is 25.7 Å². The highest BCUT2D eigenvalue weighted by Crippen LogP contribution is 2.24. The number of amides is 4. The zero-order chi connectivity index (χ0) is 26.4. The standard InChI is InChI=1S/C25H37N5O6/c26-19-34-16-10-4-1-7-13-22-23(31)29(14-8-2-5-11-17-35-20-27)25(33)30(24(22)32)15-9-3-6-12-18-36-21-28/h22H,1-18H2. The minimum absolute atomic E-state index is 0.258. The first-order valence-corrected chi connectivity index (χ1v) is 12.8. The summed E-state index contributed by atoms with van der Waals surface area (Å²) in [6.45, 7) is 1.59. The Balaban J connectivity index is 2.63. The Morgan fingerprint density at radius 1 is 0.556 bits per heavy atom. The number of urea groups is 1. The summed E-state index contributed by atoms with van der Waals surface area (Å²) in [6, 6.07) is -0.546. The molecule has 1 aliphatic heterocycles. The van der Waals surface area contributed by atoms with Gasteiger partial charge in [0, 0.05) is 13.1 Å². The molecular weight excluding hydrogens is 466 g/mol. The highest BCUT2D eigenvalue weighted by molar-refractivity contribution is 6.16. The normalized spacial score (nSPS) is 13.8. The van der Waals surface area contributed by atoms with Gasteiger partial charge in [0.2, 0.25) is 11.8 Å². The second-order valence-electron chi connectivity index (χ2n) is 8.67. The molecule has 0 saturated carbocycles. The van der Waals surface area contributed by atoms with Crippen LogP contribution in [-0.2, 0) is 23.8 Å². The molecule has 0 aliphatic carbocycles. The van der Waals surface area contributed by atoms with Crippen molar-refractivity contribution < 1.29 is 28.6 Å². The summed E-state index contributed by atoms with van der Waals surface area (Å²) in [6.07, 6.45) is 14.2. The van der Waals surface area contributed by atoms with E-state index in [4.69, 9.17) is 15.8 Å². The van der Waals surface area contributed by atoms with Crippen molar-refractivity contribution in [1.82, 2.24) is 9.80 Å². The molecule has 11 nitrogen and oxygen atoms in total. The van der Waals surface area contributed by atoms with Crippen LogP contribution in [0.2, 0.25) is 0 Å². The molecule has 0 atom stereocenters. The van der Waals surface area contributed by atoms with Crippen LogP contribution in [0.3, 0.4) is 0 Å². The van der Waals surface area contributed by atoms with Gasteiger partial charge in [-0.05, 0) is 51.4 Å². The van der Waals surface area contributed by atoms with Crippen molar-refractivity contribution >= 4 is 17.8 Å². The molecule has 0 N–H and O–H groups in total. The molecule has 0 unspecified atom stereocenters. The number of rotatable bonds is 21. The number of imide groups is 2. The number of carbonyl (C=O) groups excluding carboxylic acids is 3. The smallest absolute Gasteiger partial charge is 0.333 e. The highest BCUT2D eigenvalue weighted by atomic mass is 16.5. The highest BCUT2D eigenvalue weighted by Gasteiger charge is 2.44. The second kappa shape index (κ2) is 19.8. The first-order chi connectivity index (χ1) is 17.6. The lowest BCUT2D eigenvalue weighted by Gasteiger charge is -2.37. The molecule has 1 aliphatic rings. The Morgan fingerprint density at radius 2 is 0.917 bits per heavy atom. The summed E-state index contributed by atoms with van der Waals surface area (Å²) in [5, 5.41) is 25.2. The Labute approximate surface area is 213 Å². The van der Waals surface area contributed by atoms with Crippen LogP contribution in [0.5, 0.6) is 0 Å². The van der Waals surface area contributed by atoms with E-state index in [0.29, 0.717) is 45.5 Å². The lowest BCUT2D eigenvalue weighted by molar-refractivity contribution is -0.149. The SMILES string of the molecule is N#COCCCCCCC1C(=O)N(CCCCCCOC#N)C(=O)N(CCCCCCOC#N)C1=O. The Hall–Kier alpha value is -3.52. The van der Waals surface area contributed by atoms with E-state index in [0.717, 1.165) is 57.8 Å². The van der Waals surface area contributed by atoms with Crippen molar-refractivity contribution in [2.75, 3.05) is 32.9 Å². The van der Waals surface area contributed by atoms with E-state index in [1.165, 1.54) is 9.80 Å². The Bertz CT molecular complexity index is 678. The molecule has 1 fully saturated rings. The molecule has 0 aromatic carbocycles. The topological polar surface area (TPSA) is 157 Å². The van der Waals surface area contributed by atoms with E-state index in [1.807, 2.05) is 0 Å². The van der Waals surface area contributed by atoms with Crippen molar-refractivity contribution in [2.24, 2.45) is 5.92 Å². The van der Waals surface area contributed by atoms with Crippen LogP contribution in [0, 0.1) is 40.5 Å². The monoisotopic (exact) mass is 503 g/mol. The van der Waals surface area contributed by atoms with Gasteiger partial charge in [-0.3, -0.25) is 19.4 Å². The molecule has 36 heavy (non-hydrogen) atoms. The summed E-state index contributed by atoms with van der Waals surface area (Å²) in [7, 11) is 0. The lowest BCUT2D eigenvalue weighted by atomic mass is 9.95. The quantitative estimate of drug-likeness (QED) is 0.128. The largest absolute Gasteiger partial charge is 0.428 e. The number of hydrogen-bond donors (Lipinski definition) is 0. The van der Waals surface area contributed by atoms with E-state index in [9.17, 15) is 14.4 Å². The molecule has 0 bridgehead atoms. The van der Waals surface area contributed by atoms with E-state index in [-0.39, 0.29) is 13.1 Å². The molecule has 4 amide bonds. The zero-order valence-corrected chi connectivity index (χ0v) is 21.0. The molecule has 0 radical (unpaired) electrons. The van der Waals surface area contributed by atoms with Crippen molar-refractivity contribution in [2.45, 2.75) is 83.5 Å². The van der Waals surface area contributed by atoms with Crippen LogP contribution in [0.1, 0.15) is 83.5 Å². The maximum Gasteiger partial charge on any atom is 0.333 e. The van der Waals surface area contributed by atoms with Crippen molar-refractivity contribution in [1.29, 1.82) is 15.8 Å². The maximum absolute atomic E-state index is 13.1. The van der Waals surface area contributed by atoms with E-state index in [1.54, 1.807) is 18.8 Å². The second-order valence-corrected chi connectivity index (χ2v) is 8.67. The Kier molecular flexibility index (Phi) is 16.7. The number of carbonyl (C=O) groups is 3. The van der Waals surface area contributed by atoms with Crippen LogP contribution in [0.15, 0.2) is 0 Å². The molecule has 0 aromatic heterocycles. The van der Waals surface area contributed by atoms with Gasteiger partial charge in [-0.2, -0.15) is 15.8 Å². The average Bonchev–Trinajstić information content (AvgIpc) is 2.87. The molecule has 11 heteroatoms. The Morgan fingerprint density at radius 3 is 1.31 bits per heavy atom. The van der Waals surface area contributed by atoms with Gasteiger partial charge in [-0.25, -0.2) is 4.79 Å². The summed E-state index contributed by atoms with van der Waals surface area (Å²) >= 11 is 0. The number of nitrogens with zero attached hydrogens (tertiary/aromatic N) is 5. The third-order valence-electron chi connectivity index (χ3n) is 6.03. The first-order valence-electron chi connectivity index (χ1n) is 12.8. The van der Waals surface area contributed by atoms with Crippen LogP contribution in [0.25, 0.3) is 0 Å². The predicted molar refractivity (Wildman–Crippen MR) is 127 cm³/mol. The van der Waals surface area contributed by atoms with E-state index < -0.39 is 23.8 Å². The minimum Gasteiger partial charge on any atom is -0.428 e. The van der Waals surface area contributed by atoms with Gasteiger partial charge in [-0.15, -0.1) is 0 Å². The molecule has 1 saturated heterocycles. The zero-order valence-electron chi connectivity index (χ0n) is 21.0. The molecule has 198 valence electrons. The fourth-order valence-electron chi connectivity index (χ4n) is 4.08. The fourth-order valence-corrected chi connectivity index (χ4v) is 4.08.